The highest BCUT2D eigenvalue weighted by molar-refractivity contribution is 8.25. The lowest BCUT2D eigenvalue weighted by Gasteiger charge is -2.15. The summed E-state index contributed by atoms with van der Waals surface area (Å²) in [6, 6.07) is -0.752. The van der Waals surface area contributed by atoms with Crippen LogP contribution in [-0.4, -0.2) is 29.4 Å². The summed E-state index contributed by atoms with van der Waals surface area (Å²) in [6.45, 7) is 0. The van der Waals surface area contributed by atoms with Gasteiger partial charge in [-0.2, -0.15) is 0 Å². The third-order valence-corrected chi connectivity index (χ3v) is 4.38. The first-order valence-electron chi connectivity index (χ1n) is 3.85. The lowest BCUT2D eigenvalue weighted by Crippen LogP contribution is -2.51. The quantitative estimate of drug-likeness (QED) is 0.454. The second kappa shape index (κ2) is 3.66. The van der Waals surface area contributed by atoms with Gasteiger partial charge in [-0.25, -0.2) is 4.79 Å². The van der Waals surface area contributed by atoms with Crippen LogP contribution in [0.3, 0.4) is 0 Å². The molecule has 2 fully saturated rings. The number of barbiturate groups is 1. The molecule has 0 aromatic carbocycles. The van der Waals surface area contributed by atoms with Crippen LogP contribution in [0.25, 0.3) is 0 Å². The monoisotopic (exact) mass is 230 g/mol. The largest absolute Gasteiger partial charge is 0.328 e. The fourth-order valence-electron chi connectivity index (χ4n) is 1.11. The predicted octanol–water partition coefficient (Wildman–Crippen LogP) is 0.0440. The Labute approximate surface area is 88.1 Å². The van der Waals surface area contributed by atoms with Crippen LogP contribution in [0.1, 0.15) is 0 Å². The Hall–Kier alpha value is -0.950. The van der Waals surface area contributed by atoms with E-state index >= 15 is 0 Å². The Morgan fingerprint density at radius 1 is 0.929 bits per heavy atom. The highest BCUT2D eigenvalue weighted by Gasteiger charge is 2.32. The fraction of sp³-hybridized carbons (Fsp3) is 0.286. The molecule has 2 rings (SSSR count). The maximum Gasteiger partial charge on any atom is 0.328 e. The maximum absolute atomic E-state index is 11.3. The maximum atomic E-state index is 11.3. The summed E-state index contributed by atoms with van der Waals surface area (Å²) in [7, 11) is 0. The number of imide groups is 2. The summed E-state index contributed by atoms with van der Waals surface area (Å²) in [5, 5.41) is 4.08. The first kappa shape index (κ1) is 9.60. The first-order valence-corrected chi connectivity index (χ1v) is 5.82. The Bertz CT molecular complexity index is 334. The van der Waals surface area contributed by atoms with E-state index in [2.05, 4.69) is 0 Å². The van der Waals surface area contributed by atoms with Crippen molar-refractivity contribution in [2.45, 2.75) is 0 Å². The molecule has 74 valence electrons. The van der Waals surface area contributed by atoms with Crippen molar-refractivity contribution in [3.05, 3.63) is 9.81 Å². The average Bonchev–Trinajstić information content (AvgIpc) is 2.54. The van der Waals surface area contributed by atoms with Gasteiger partial charge in [0.25, 0.3) is 11.8 Å². The van der Waals surface area contributed by atoms with Gasteiger partial charge in [0.2, 0.25) is 0 Å². The molecule has 2 heterocycles. The van der Waals surface area contributed by atoms with Crippen LogP contribution in [0.5, 0.6) is 0 Å². The minimum absolute atomic E-state index is 0.0668. The number of hydrogen-bond acceptors (Lipinski definition) is 5. The summed E-state index contributed by atoms with van der Waals surface area (Å²) in [5.41, 5.74) is 0.0668. The fourth-order valence-corrected chi connectivity index (χ4v) is 3.64. The van der Waals surface area contributed by atoms with Crippen LogP contribution in [0.4, 0.5) is 4.79 Å². The van der Waals surface area contributed by atoms with E-state index in [1.165, 1.54) is 23.5 Å². The molecular formula is C7H6N2O3S2. The van der Waals surface area contributed by atoms with Crippen molar-refractivity contribution >= 4 is 41.4 Å². The summed E-state index contributed by atoms with van der Waals surface area (Å²) in [5.74, 6) is 0.571. The van der Waals surface area contributed by atoms with Gasteiger partial charge in [-0.15, -0.1) is 23.5 Å². The lowest BCUT2D eigenvalue weighted by atomic mass is 10.2. The summed E-state index contributed by atoms with van der Waals surface area (Å²) in [6.07, 6.45) is 0. The van der Waals surface area contributed by atoms with Gasteiger partial charge >= 0.3 is 6.03 Å². The molecule has 0 aromatic rings. The number of rotatable bonds is 0. The SMILES string of the molecule is O=C1NC(=O)C(=C2SCCS2)C(=O)N1. The van der Waals surface area contributed by atoms with E-state index in [-0.39, 0.29) is 5.57 Å². The molecule has 0 atom stereocenters. The second-order valence-corrected chi connectivity index (χ2v) is 5.07. The summed E-state index contributed by atoms with van der Waals surface area (Å²) >= 11 is 2.93. The molecule has 0 aromatic heterocycles. The van der Waals surface area contributed by atoms with Gasteiger partial charge < -0.3 is 0 Å². The number of amides is 4. The van der Waals surface area contributed by atoms with Crippen molar-refractivity contribution in [2.24, 2.45) is 0 Å². The molecule has 7 heteroatoms. The Kier molecular flexibility index (Phi) is 2.51. The van der Waals surface area contributed by atoms with Crippen LogP contribution in [0, 0.1) is 0 Å². The lowest BCUT2D eigenvalue weighted by molar-refractivity contribution is -0.124. The number of urea groups is 1. The zero-order valence-corrected chi connectivity index (χ0v) is 8.59. The van der Waals surface area contributed by atoms with E-state index in [4.69, 9.17) is 0 Å². The number of carbonyl (C=O) groups is 3. The van der Waals surface area contributed by atoms with Crippen molar-refractivity contribution in [3.63, 3.8) is 0 Å². The topological polar surface area (TPSA) is 75.3 Å². The van der Waals surface area contributed by atoms with E-state index in [0.717, 1.165) is 11.5 Å². The van der Waals surface area contributed by atoms with Gasteiger partial charge in [0.15, 0.2) is 0 Å². The molecule has 0 bridgehead atoms. The van der Waals surface area contributed by atoms with Gasteiger partial charge in [-0.3, -0.25) is 20.2 Å². The van der Waals surface area contributed by atoms with Crippen molar-refractivity contribution in [3.8, 4) is 0 Å². The molecule has 4 amide bonds. The molecule has 2 N–H and O–H groups in total. The van der Waals surface area contributed by atoms with Crippen LogP contribution in [0.15, 0.2) is 9.81 Å². The summed E-state index contributed by atoms with van der Waals surface area (Å²) < 4.78 is 0.701. The second-order valence-electron chi connectivity index (χ2n) is 2.60. The van der Waals surface area contributed by atoms with Crippen molar-refractivity contribution < 1.29 is 14.4 Å². The Balaban J connectivity index is 2.33. The smallest absolute Gasteiger partial charge is 0.273 e. The molecular weight excluding hydrogens is 224 g/mol. The van der Waals surface area contributed by atoms with Crippen LogP contribution in [0.2, 0.25) is 0 Å². The average molecular weight is 230 g/mol. The van der Waals surface area contributed by atoms with Crippen molar-refractivity contribution in [1.29, 1.82) is 0 Å². The minimum atomic E-state index is -0.752. The van der Waals surface area contributed by atoms with E-state index in [0.29, 0.717) is 4.24 Å². The summed E-state index contributed by atoms with van der Waals surface area (Å²) in [4.78, 5) is 33.4. The van der Waals surface area contributed by atoms with Crippen molar-refractivity contribution in [1.82, 2.24) is 10.6 Å². The van der Waals surface area contributed by atoms with Crippen molar-refractivity contribution in [2.75, 3.05) is 11.5 Å². The number of thioether (sulfide) groups is 2. The third-order valence-electron chi connectivity index (χ3n) is 1.66. The molecule has 0 spiro atoms. The zero-order chi connectivity index (χ0) is 10.1. The first-order chi connectivity index (χ1) is 6.68. The van der Waals surface area contributed by atoms with E-state index in [1.807, 2.05) is 10.6 Å². The molecule has 0 aliphatic carbocycles. The molecule has 2 saturated heterocycles. The highest BCUT2D eigenvalue weighted by Crippen LogP contribution is 2.38. The predicted molar refractivity (Wildman–Crippen MR) is 53.6 cm³/mol. The van der Waals surface area contributed by atoms with Gasteiger partial charge in [-0.05, 0) is 0 Å². The molecule has 2 aliphatic heterocycles. The minimum Gasteiger partial charge on any atom is -0.273 e. The van der Waals surface area contributed by atoms with Gasteiger partial charge in [-0.1, -0.05) is 0 Å². The Morgan fingerprint density at radius 2 is 1.43 bits per heavy atom. The zero-order valence-electron chi connectivity index (χ0n) is 6.96. The van der Waals surface area contributed by atoms with Crippen LogP contribution < -0.4 is 10.6 Å². The molecule has 2 aliphatic rings. The molecule has 5 nitrogen and oxygen atoms in total. The number of carbonyl (C=O) groups excluding carboxylic acids is 3. The van der Waals surface area contributed by atoms with Crippen LogP contribution >= 0.6 is 23.5 Å². The number of hydrogen-bond donors (Lipinski definition) is 2. The molecule has 14 heavy (non-hydrogen) atoms. The van der Waals surface area contributed by atoms with Crippen LogP contribution in [-0.2, 0) is 9.59 Å². The Morgan fingerprint density at radius 3 is 1.93 bits per heavy atom. The van der Waals surface area contributed by atoms with Gasteiger partial charge in [0, 0.05) is 11.5 Å². The van der Waals surface area contributed by atoms with E-state index in [1.54, 1.807) is 0 Å². The normalized spacial score (nSPS) is 22.4. The molecule has 0 saturated carbocycles. The van der Waals surface area contributed by atoms with Gasteiger partial charge in [0.05, 0.1) is 4.24 Å². The standard InChI is InChI=1S/C7H6N2O3S2/c10-4-3(6-13-1-2-14-6)5(11)9-7(12)8-4/h1-2H2,(H2,8,9,10,11,12). The number of nitrogens with one attached hydrogen (secondary N) is 2. The molecule has 0 radical (unpaired) electrons. The van der Waals surface area contributed by atoms with Gasteiger partial charge in [0.1, 0.15) is 5.57 Å². The molecule has 0 unspecified atom stereocenters. The van der Waals surface area contributed by atoms with E-state index in [9.17, 15) is 14.4 Å². The third kappa shape index (κ3) is 1.64. The van der Waals surface area contributed by atoms with E-state index < -0.39 is 17.8 Å². The highest BCUT2D eigenvalue weighted by atomic mass is 32.2.